The van der Waals surface area contributed by atoms with Crippen LogP contribution < -0.4 is 4.90 Å². The predicted octanol–water partition coefficient (Wildman–Crippen LogP) is 1.28. The summed E-state index contributed by atoms with van der Waals surface area (Å²) in [6, 6.07) is 2.18. The first kappa shape index (κ1) is 18.5. The second-order valence-corrected chi connectivity index (χ2v) is 10.3. The van der Waals surface area contributed by atoms with Crippen LogP contribution in [0.5, 0.6) is 0 Å². The maximum absolute atomic E-state index is 13.1. The molecule has 2 aromatic rings. The van der Waals surface area contributed by atoms with Gasteiger partial charge in [0.1, 0.15) is 11.6 Å². The number of aryl methyl sites for hydroxylation is 1. The van der Waals surface area contributed by atoms with Crippen LogP contribution in [-0.4, -0.2) is 62.9 Å². The van der Waals surface area contributed by atoms with Gasteiger partial charge in [0.15, 0.2) is 11.6 Å². The maximum atomic E-state index is 13.1. The highest BCUT2D eigenvalue weighted by Crippen LogP contribution is 2.39. The molecule has 3 aliphatic rings. The first-order chi connectivity index (χ1) is 14.0. The van der Waals surface area contributed by atoms with Crippen LogP contribution in [0.3, 0.4) is 0 Å². The quantitative estimate of drug-likeness (QED) is 0.743. The molecular formula is C19H23N7O2S. The van der Waals surface area contributed by atoms with Crippen LogP contribution >= 0.6 is 0 Å². The van der Waals surface area contributed by atoms with Crippen LogP contribution in [0.2, 0.25) is 0 Å². The molecule has 1 aliphatic carbocycles. The van der Waals surface area contributed by atoms with Gasteiger partial charge in [0.25, 0.3) is 0 Å². The Balaban J connectivity index is 1.42. The number of nitriles is 1. The molecule has 0 aromatic carbocycles. The lowest BCUT2D eigenvalue weighted by Gasteiger charge is -2.35. The van der Waals surface area contributed by atoms with E-state index in [2.05, 4.69) is 26.0 Å². The van der Waals surface area contributed by atoms with Crippen molar-refractivity contribution in [3.63, 3.8) is 0 Å². The summed E-state index contributed by atoms with van der Waals surface area (Å²) in [6.45, 7) is 1.04. The monoisotopic (exact) mass is 413 g/mol. The van der Waals surface area contributed by atoms with E-state index in [9.17, 15) is 13.7 Å². The molecule has 0 amide bonds. The average molecular weight is 414 g/mol. The normalized spacial score (nSPS) is 25.0. The van der Waals surface area contributed by atoms with E-state index >= 15 is 0 Å². The van der Waals surface area contributed by atoms with Crippen LogP contribution in [0.1, 0.15) is 37.7 Å². The lowest BCUT2D eigenvalue weighted by Crippen LogP contribution is -2.51. The van der Waals surface area contributed by atoms with Crippen LogP contribution in [0.25, 0.3) is 11.4 Å². The smallest absolute Gasteiger partial charge is 0.217 e. The minimum Gasteiger partial charge on any atom is -0.349 e. The second kappa shape index (κ2) is 6.78. The molecule has 9 nitrogen and oxygen atoms in total. The van der Waals surface area contributed by atoms with Gasteiger partial charge in [-0.1, -0.05) is 12.8 Å². The Labute approximate surface area is 170 Å². The van der Waals surface area contributed by atoms with Gasteiger partial charge in [0.05, 0.1) is 23.2 Å². The molecular weight excluding hydrogens is 390 g/mol. The molecule has 152 valence electrons. The second-order valence-electron chi connectivity index (χ2n) is 8.16. The van der Waals surface area contributed by atoms with Crippen molar-refractivity contribution in [1.29, 1.82) is 5.26 Å². The van der Waals surface area contributed by atoms with Crippen molar-refractivity contribution >= 4 is 15.8 Å². The maximum Gasteiger partial charge on any atom is 0.217 e. The van der Waals surface area contributed by atoms with E-state index in [0.29, 0.717) is 30.3 Å². The molecule has 2 aromatic heterocycles. The Morgan fingerprint density at radius 1 is 1.17 bits per heavy atom. The predicted molar refractivity (Wildman–Crippen MR) is 106 cm³/mol. The summed E-state index contributed by atoms with van der Waals surface area (Å²) in [5.41, 5.74) is 1.20. The Morgan fingerprint density at radius 2 is 1.97 bits per heavy atom. The van der Waals surface area contributed by atoms with Crippen LogP contribution in [0.4, 0.5) is 5.82 Å². The van der Waals surface area contributed by atoms with Crippen molar-refractivity contribution in [2.75, 3.05) is 18.0 Å². The molecule has 0 N–H and O–H groups in total. The number of nitrogens with zero attached hydrogens (tertiary/aromatic N) is 7. The van der Waals surface area contributed by atoms with E-state index < -0.39 is 10.0 Å². The number of fused-ring (bicyclic) bond motifs is 2. The Morgan fingerprint density at radius 3 is 2.59 bits per heavy atom. The van der Waals surface area contributed by atoms with Crippen molar-refractivity contribution in [2.24, 2.45) is 7.05 Å². The fourth-order valence-corrected chi connectivity index (χ4v) is 7.19. The molecule has 2 saturated heterocycles. The zero-order valence-electron chi connectivity index (χ0n) is 16.3. The number of hydrogen-bond donors (Lipinski definition) is 0. The molecule has 10 heteroatoms. The van der Waals surface area contributed by atoms with Crippen molar-refractivity contribution in [3.05, 3.63) is 24.2 Å². The summed E-state index contributed by atoms with van der Waals surface area (Å²) in [4.78, 5) is 11.1. The van der Waals surface area contributed by atoms with E-state index in [1.807, 2.05) is 13.2 Å². The van der Waals surface area contributed by atoms with Gasteiger partial charge in [-0.05, 0) is 19.3 Å². The molecule has 0 spiro atoms. The lowest BCUT2D eigenvalue weighted by atomic mass is 10.2. The zero-order valence-corrected chi connectivity index (χ0v) is 17.1. The number of hydrogen-bond acceptors (Lipinski definition) is 7. The van der Waals surface area contributed by atoms with Gasteiger partial charge < -0.3 is 4.90 Å². The lowest BCUT2D eigenvalue weighted by molar-refractivity contribution is 0.362. The Bertz CT molecular complexity index is 1080. The van der Waals surface area contributed by atoms with Crippen molar-refractivity contribution in [3.8, 4) is 17.5 Å². The standard InChI is InChI=1S/C19H23N7O2S/c1-24-10-14(9-22-24)18-21-8-13(7-20)19(23-18)25-11-16-6-15(25)12-26(16)29(27,28)17-4-2-3-5-17/h8-10,15-17H,2-6,11-12H2,1H3/t15-,16+/m0/s1. The fraction of sp³-hybridized carbons (Fsp3) is 0.579. The Kier molecular flexibility index (Phi) is 4.33. The van der Waals surface area contributed by atoms with E-state index in [0.717, 1.165) is 37.7 Å². The van der Waals surface area contributed by atoms with Crippen LogP contribution in [0, 0.1) is 11.3 Å². The van der Waals surface area contributed by atoms with Crippen molar-refractivity contribution in [1.82, 2.24) is 24.1 Å². The number of anilines is 1. The first-order valence-corrected chi connectivity index (χ1v) is 11.5. The summed E-state index contributed by atoms with van der Waals surface area (Å²) in [5, 5.41) is 13.5. The summed E-state index contributed by atoms with van der Waals surface area (Å²) in [5.74, 6) is 1.11. The minimum atomic E-state index is -3.24. The number of piperazine rings is 1. The summed E-state index contributed by atoms with van der Waals surface area (Å²) >= 11 is 0. The molecule has 3 fully saturated rings. The first-order valence-electron chi connectivity index (χ1n) is 10.0. The highest BCUT2D eigenvalue weighted by Gasteiger charge is 2.50. The Hall–Kier alpha value is -2.51. The van der Waals surface area contributed by atoms with Gasteiger partial charge in [0.2, 0.25) is 10.0 Å². The third-order valence-electron chi connectivity index (χ3n) is 6.36. The van der Waals surface area contributed by atoms with Crippen LogP contribution in [0.15, 0.2) is 18.6 Å². The highest BCUT2D eigenvalue weighted by molar-refractivity contribution is 7.89. The molecule has 4 heterocycles. The summed E-state index contributed by atoms with van der Waals surface area (Å²) in [6.07, 6.45) is 9.40. The number of rotatable bonds is 4. The molecule has 29 heavy (non-hydrogen) atoms. The molecule has 0 unspecified atom stereocenters. The largest absolute Gasteiger partial charge is 0.349 e. The van der Waals surface area contributed by atoms with Gasteiger partial charge in [0, 0.05) is 38.4 Å². The van der Waals surface area contributed by atoms with Gasteiger partial charge in [-0.25, -0.2) is 18.4 Å². The molecule has 1 saturated carbocycles. The molecule has 5 rings (SSSR count). The van der Waals surface area contributed by atoms with Crippen LogP contribution in [-0.2, 0) is 17.1 Å². The van der Waals surface area contributed by atoms with E-state index in [-0.39, 0.29) is 17.3 Å². The van der Waals surface area contributed by atoms with Crippen molar-refractivity contribution in [2.45, 2.75) is 49.4 Å². The SMILES string of the molecule is Cn1cc(-c2ncc(C#N)c(N3C[C@H]4C[C@H]3CN4S(=O)(=O)C3CCCC3)n2)cn1. The molecule has 0 radical (unpaired) electrons. The van der Waals surface area contributed by atoms with Gasteiger partial charge in [-0.2, -0.15) is 14.7 Å². The van der Waals surface area contributed by atoms with Crippen molar-refractivity contribution < 1.29 is 8.42 Å². The number of aromatic nitrogens is 4. The molecule has 2 aliphatic heterocycles. The van der Waals surface area contributed by atoms with E-state index in [1.54, 1.807) is 21.4 Å². The summed E-state index contributed by atoms with van der Waals surface area (Å²) < 4.78 is 29.5. The minimum absolute atomic E-state index is 0.0416. The third-order valence-corrected chi connectivity index (χ3v) is 8.78. The highest BCUT2D eigenvalue weighted by atomic mass is 32.2. The number of sulfonamides is 1. The average Bonchev–Trinajstić information content (AvgIpc) is 3.51. The van der Waals surface area contributed by atoms with Gasteiger partial charge in [-0.15, -0.1) is 0 Å². The molecule has 2 atom stereocenters. The summed E-state index contributed by atoms with van der Waals surface area (Å²) in [7, 11) is -1.41. The van der Waals surface area contributed by atoms with E-state index in [4.69, 9.17) is 0 Å². The fourth-order valence-electron chi connectivity index (χ4n) is 4.93. The van der Waals surface area contributed by atoms with E-state index in [1.165, 1.54) is 0 Å². The topological polar surface area (TPSA) is 108 Å². The third kappa shape index (κ3) is 3.00. The van der Waals surface area contributed by atoms with Gasteiger partial charge in [-0.3, -0.25) is 4.68 Å². The molecule has 2 bridgehead atoms. The van der Waals surface area contributed by atoms with Gasteiger partial charge >= 0.3 is 0 Å². The zero-order chi connectivity index (χ0) is 20.2.